The quantitative estimate of drug-likeness (QED) is 0.343. The van der Waals surface area contributed by atoms with E-state index in [1.54, 1.807) is 7.11 Å². The molecule has 1 aliphatic carbocycles. The number of hydrogen-bond donors (Lipinski definition) is 0. The van der Waals surface area contributed by atoms with E-state index in [0.29, 0.717) is 17.8 Å². The predicted octanol–water partition coefficient (Wildman–Crippen LogP) is 5.07. The summed E-state index contributed by atoms with van der Waals surface area (Å²) < 4.78 is 11.8. The molecule has 7 nitrogen and oxygen atoms in total. The molecule has 0 amide bonds. The minimum atomic E-state index is 0.111. The van der Waals surface area contributed by atoms with Gasteiger partial charge in [-0.25, -0.2) is 15.0 Å². The van der Waals surface area contributed by atoms with Gasteiger partial charge in [-0.15, -0.1) is 4.59 Å². The molecule has 0 saturated heterocycles. The Morgan fingerprint density at radius 3 is 2.71 bits per heavy atom. The smallest absolute Gasteiger partial charge is 0.225 e. The summed E-state index contributed by atoms with van der Waals surface area (Å²) in [5.41, 5.74) is 5.10. The molecule has 3 aromatic rings. The van der Waals surface area contributed by atoms with Gasteiger partial charge in [0.1, 0.15) is 6.04 Å². The minimum Gasteiger partial charge on any atom is -0.382 e. The lowest BCUT2D eigenvalue weighted by Crippen LogP contribution is -2.65. The Morgan fingerprint density at radius 1 is 1.00 bits per heavy atom. The number of rotatable bonds is 8. The number of anilines is 1. The highest BCUT2D eigenvalue weighted by molar-refractivity contribution is 5.86. The SMILES string of the molecule is COCCOC1CCC1N(c1ccc2ccc(-c3ccccc3)nc2c1)[N+]12C=CN=CC1=CN=C2. The second kappa shape index (κ2) is 9.19. The van der Waals surface area contributed by atoms with Crippen molar-refractivity contribution >= 4 is 29.1 Å². The highest BCUT2D eigenvalue weighted by Gasteiger charge is 2.50. The summed E-state index contributed by atoms with van der Waals surface area (Å²) in [6.07, 6.45) is 11.8. The van der Waals surface area contributed by atoms with Gasteiger partial charge in [-0.05, 0) is 31.0 Å². The molecule has 1 saturated carbocycles. The van der Waals surface area contributed by atoms with Crippen LogP contribution in [-0.2, 0) is 9.47 Å². The first-order chi connectivity index (χ1) is 17.3. The van der Waals surface area contributed by atoms with Crippen LogP contribution in [0, 0.1) is 0 Å². The van der Waals surface area contributed by atoms with Crippen molar-refractivity contribution in [3.05, 3.63) is 85.0 Å². The first kappa shape index (κ1) is 21.9. The molecule has 176 valence electrons. The summed E-state index contributed by atoms with van der Waals surface area (Å²) in [5.74, 6) is 0. The number of quaternary nitrogens is 1. The molecule has 3 heterocycles. The van der Waals surface area contributed by atoms with Crippen LogP contribution in [0.15, 0.2) is 94.9 Å². The summed E-state index contributed by atoms with van der Waals surface area (Å²) in [6, 6.07) is 21.2. The van der Waals surface area contributed by atoms with E-state index in [1.165, 1.54) is 0 Å². The van der Waals surface area contributed by atoms with Crippen molar-refractivity contribution in [2.45, 2.75) is 25.0 Å². The van der Waals surface area contributed by atoms with Gasteiger partial charge >= 0.3 is 0 Å². The Labute approximate surface area is 204 Å². The lowest BCUT2D eigenvalue weighted by molar-refractivity contribution is -0.747. The Kier molecular flexibility index (Phi) is 5.74. The fourth-order valence-electron chi connectivity index (χ4n) is 4.99. The van der Waals surface area contributed by atoms with Crippen molar-refractivity contribution in [1.82, 2.24) is 4.98 Å². The predicted molar refractivity (Wildman–Crippen MR) is 139 cm³/mol. The van der Waals surface area contributed by atoms with Gasteiger partial charge in [-0.2, -0.15) is 0 Å². The third-order valence-electron chi connectivity index (χ3n) is 6.93. The van der Waals surface area contributed by atoms with Gasteiger partial charge in [0.05, 0.1) is 54.8 Å². The van der Waals surface area contributed by atoms with Crippen molar-refractivity contribution in [1.29, 1.82) is 0 Å². The third-order valence-corrected chi connectivity index (χ3v) is 6.93. The van der Waals surface area contributed by atoms with E-state index in [9.17, 15) is 0 Å². The summed E-state index contributed by atoms with van der Waals surface area (Å²) in [4.78, 5) is 13.9. The summed E-state index contributed by atoms with van der Waals surface area (Å²) >= 11 is 0. The third kappa shape index (κ3) is 3.87. The fraction of sp³-hybridized carbons (Fsp3) is 0.250. The first-order valence-electron chi connectivity index (χ1n) is 12.0. The summed E-state index contributed by atoms with van der Waals surface area (Å²) in [7, 11) is 1.70. The van der Waals surface area contributed by atoms with E-state index in [0.717, 1.165) is 46.4 Å². The van der Waals surface area contributed by atoms with E-state index in [-0.39, 0.29) is 12.1 Å². The van der Waals surface area contributed by atoms with E-state index in [2.05, 4.69) is 63.7 Å². The van der Waals surface area contributed by atoms with Crippen LogP contribution in [0.1, 0.15) is 12.8 Å². The van der Waals surface area contributed by atoms with Gasteiger partial charge in [0, 0.05) is 18.1 Å². The van der Waals surface area contributed by atoms with E-state index < -0.39 is 0 Å². The van der Waals surface area contributed by atoms with Gasteiger partial charge in [-0.3, -0.25) is 4.99 Å². The van der Waals surface area contributed by atoms with Crippen LogP contribution in [0.4, 0.5) is 5.69 Å². The molecule has 0 spiro atoms. The average molecular weight is 467 g/mol. The molecule has 1 fully saturated rings. The number of aromatic nitrogens is 1. The number of nitrogens with zero attached hydrogens (tertiary/aromatic N) is 5. The molecule has 6 rings (SSSR count). The lowest BCUT2D eigenvalue weighted by Gasteiger charge is -2.50. The second-order valence-corrected chi connectivity index (χ2v) is 8.96. The molecule has 7 heteroatoms. The van der Waals surface area contributed by atoms with Crippen molar-refractivity contribution < 1.29 is 14.1 Å². The largest absolute Gasteiger partial charge is 0.382 e. The summed E-state index contributed by atoms with van der Waals surface area (Å²) in [5, 5.41) is 3.50. The number of hydrogen-bond acceptors (Lipinski definition) is 6. The highest BCUT2D eigenvalue weighted by atomic mass is 16.5. The van der Waals surface area contributed by atoms with Crippen LogP contribution >= 0.6 is 0 Å². The standard InChI is InChI=1S/C28H28N5O2/c1-34-15-16-35-28-12-11-27(28)32(33-14-13-29-18-24(33)19-30-20-33)23-9-7-22-8-10-25(31-26(22)17-23)21-5-3-2-4-6-21/h2-10,13-14,17-20,27-28H,11-12,15-16H2,1H3/q+1. The number of ether oxygens (including phenoxy) is 2. The van der Waals surface area contributed by atoms with Crippen molar-refractivity contribution in [3.63, 3.8) is 0 Å². The molecule has 0 bridgehead atoms. The second-order valence-electron chi connectivity index (χ2n) is 8.96. The van der Waals surface area contributed by atoms with Crippen LogP contribution < -0.4 is 5.01 Å². The van der Waals surface area contributed by atoms with Crippen LogP contribution in [-0.4, -0.2) is 54.6 Å². The number of pyridine rings is 1. The van der Waals surface area contributed by atoms with E-state index >= 15 is 0 Å². The van der Waals surface area contributed by atoms with Crippen LogP contribution in [0.25, 0.3) is 22.2 Å². The molecular weight excluding hydrogens is 438 g/mol. The molecule has 3 aliphatic rings. The van der Waals surface area contributed by atoms with E-state index in [1.807, 2.05) is 43.2 Å². The number of aliphatic imine (C=N–C) groups is 2. The number of fused-ring (bicyclic) bond motifs is 2. The topological polar surface area (TPSA) is 59.3 Å². The summed E-state index contributed by atoms with van der Waals surface area (Å²) in [6.45, 7) is 1.17. The van der Waals surface area contributed by atoms with E-state index in [4.69, 9.17) is 14.5 Å². The fourth-order valence-corrected chi connectivity index (χ4v) is 4.99. The highest BCUT2D eigenvalue weighted by Crippen LogP contribution is 2.41. The Balaban J connectivity index is 1.43. The minimum absolute atomic E-state index is 0.111. The molecule has 3 unspecified atom stereocenters. The monoisotopic (exact) mass is 466 g/mol. The number of methoxy groups -OCH3 is 1. The zero-order valence-corrected chi connectivity index (χ0v) is 19.7. The number of allylic oxidation sites excluding steroid dienone is 1. The zero-order valence-electron chi connectivity index (χ0n) is 19.7. The Morgan fingerprint density at radius 2 is 1.89 bits per heavy atom. The maximum atomic E-state index is 6.22. The van der Waals surface area contributed by atoms with Crippen molar-refractivity contribution in [2.75, 3.05) is 25.3 Å². The first-order valence-corrected chi connectivity index (χ1v) is 12.0. The van der Waals surface area contributed by atoms with Gasteiger partial charge in [0.25, 0.3) is 0 Å². The maximum Gasteiger partial charge on any atom is 0.225 e. The van der Waals surface area contributed by atoms with Gasteiger partial charge in [0.2, 0.25) is 12.0 Å². The molecular formula is C28H28N5O2+. The zero-order chi connectivity index (χ0) is 23.7. The lowest BCUT2D eigenvalue weighted by atomic mass is 9.87. The molecule has 2 aliphatic heterocycles. The van der Waals surface area contributed by atoms with Gasteiger partial charge in [0.15, 0.2) is 6.20 Å². The molecule has 2 aromatic carbocycles. The van der Waals surface area contributed by atoms with Crippen LogP contribution in [0.2, 0.25) is 0 Å². The number of benzene rings is 2. The molecule has 0 radical (unpaired) electrons. The Hall–Kier alpha value is -3.65. The van der Waals surface area contributed by atoms with Crippen molar-refractivity contribution in [2.24, 2.45) is 9.98 Å². The molecule has 0 N–H and O–H groups in total. The molecule has 3 atom stereocenters. The van der Waals surface area contributed by atoms with Crippen LogP contribution in [0.5, 0.6) is 0 Å². The normalized spacial score (nSPS) is 24.3. The Bertz CT molecular complexity index is 1350. The molecule has 1 aromatic heterocycles. The average Bonchev–Trinajstić information content (AvgIpc) is 3.33. The van der Waals surface area contributed by atoms with Gasteiger partial charge in [-0.1, -0.05) is 42.5 Å². The maximum absolute atomic E-state index is 6.22. The van der Waals surface area contributed by atoms with Crippen molar-refractivity contribution in [3.8, 4) is 11.3 Å². The van der Waals surface area contributed by atoms with Crippen LogP contribution in [0.3, 0.4) is 0 Å². The van der Waals surface area contributed by atoms with Gasteiger partial charge < -0.3 is 9.47 Å². The molecule has 35 heavy (non-hydrogen) atoms.